The Hall–Kier alpha value is -2.82. The summed E-state index contributed by atoms with van der Waals surface area (Å²) >= 11 is 0. The quantitative estimate of drug-likeness (QED) is 0.921. The maximum atomic E-state index is 12.7. The molecule has 1 aliphatic heterocycles. The number of para-hydroxylation sites is 1. The van der Waals surface area contributed by atoms with Crippen molar-refractivity contribution < 1.29 is 9.59 Å². The number of carbonyl (C=O) groups is 2. The monoisotopic (exact) mass is 351 g/mol. The summed E-state index contributed by atoms with van der Waals surface area (Å²) in [5.74, 6) is -0.230. The zero-order valence-electron chi connectivity index (χ0n) is 15.3. The fourth-order valence-electron chi connectivity index (χ4n) is 3.26. The third-order valence-electron chi connectivity index (χ3n) is 4.82. The molecule has 1 fully saturated rings. The van der Waals surface area contributed by atoms with Crippen LogP contribution in [-0.2, 0) is 4.79 Å². The Kier molecular flexibility index (Phi) is 5.56. The number of nitrogens with one attached hydrogen (secondary N) is 1. The lowest BCUT2D eigenvalue weighted by Gasteiger charge is -2.37. The zero-order valence-corrected chi connectivity index (χ0v) is 15.3. The van der Waals surface area contributed by atoms with E-state index in [4.69, 9.17) is 0 Å². The molecule has 0 aliphatic carbocycles. The molecule has 0 aromatic heterocycles. The Bertz CT molecular complexity index is 768. The Labute approximate surface area is 154 Å². The van der Waals surface area contributed by atoms with Gasteiger partial charge in [0.25, 0.3) is 5.91 Å². The normalized spacial score (nSPS) is 15.5. The van der Waals surface area contributed by atoms with Gasteiger partial charge < -0.3 is 15.1 Å². The summed E-state index contributed by atoms with van der Waals surface area (Å²) in [6.45, 7) is 6.57. The second-order valence-corrected chi connectivity index (χ2v) is 6.66. The fraction of sp³-hybridized carbons (Fsp3) is 0.333. The van der Waals surface area contributed by atoms with E-state index in [1.165, 1.54) is 5.69 Å². The van der Waals surface area contributed by atoms with E-state index in [1.807, 2.05) is 48.2 Å². The van der Waals surface area contributed by atoms with Crippen molar-refractivity contribution in [2.75, 3.05) is 31.1 Å². The van der Waals surface area contributed by atoms with Gasteiger partial charge in [0, 0.05) is 37.4 Å². The van der Waals surface area contributed by atoms with Gasteiger partial charge in [-0.1, -0.05) is 36.4 Å². The average Bonchev–Trinajstić information content (AvgIpc) is 2.68. The molecule has 0 spiro atoms. The molecule has 1 saturated heterocycles. The number of benzene rings is 2. The van der Waals surface area contributed by atoms with Crippen molar-refractivity contribution in [3.63, 3.8) is 0 Å². The highest BCUT2D eigenvalue weighted by Crippen LogP contribution is 2.16. The topological polar surface area (TPSA) is 52.7 Å². The van der Waals surface area contributed by atoms with E-state index in [-0.39, 0.29) is 11.8 Å². The van der Waals surface area contributed by atoms with Gasteiger partial charge in [-0.15, -0.1) is 0 Å². The summed E-state index contributed by atoms with van der Waals surface area (Å²) in [7, 11) is 0. The lowest BCUT2D eigenvalue weighted by atomic mass is 10.1. The van der Waals surface area contributed by atoms with Crippen LogP contribution in [0.25, 0.3) is 0 Å². The van der Waals surface area contributed by atoms with Crippen molar-refractivity contribution in [3.8, 4) is 0 Å². The predicted molar refractivity (Wildman–Crippen MR) is 103 cm³/mol. The number of piperazine rings is 1. The molecule has 0 saturated carbocycles. The molecule has 1 heterocycles. The number of nitrogens with zero attached hydrogens (tertiary/aromatic N) is 2. The van der Waals surface area contributed by atoms with Crippen LogP contribution < -0.4 is 10.2 Å². The van der Waals surface area contributed by atoms with Gasteiger partial charge >= 0.3 is 0 Å². The molecule has 136 valence electrons. The molecule has 2 amide bonds. The largest absolute Gasteiger partial charge is 0.368 e. The van der Waals surface area contributed by atoms with E-state index in [1.54, 1.807) is 13.0 Å². The first kappa shape index (κ1) is 18.0. The van der Waals surface area contributed by atoms with Gasteiger partial charge in [-0.2, -0.15) is 0 Å². The predicted octanol–water partition coefficient (Wildman–Crippen LogP) is 2.46. The van der Waals surface area contributed by atoms with Crippen LogP contribution in [0.5, 0.6) is 0 Å². The van der Waals surface area contributed by atoms with Crippen LogP contribution in [0.1, 0.15) is 22.8 Å². The third kappa shape index (κ3) is 4.04. The molecule has 26 heavy (non-hydrogen) atoms. The van der Waals surface area contributed by atoms with Crippen LogP contribution in [0.2, 0.25) is 0 Å². The van der Waals surface area contributed by atoms with Gasteiger partial charge in [0.1, 0.15) is 6.04 Å². The number of amides is 2. The standard InChI is InChI=1S/C21H25N3O2/c1-16-8-6-7-11-19(16)20(25)22-17(2)21(26)24-14-12-23(13-15-24)18-9-4-3-5-10-18/h3-11,17H,12-15H2,1-2H3,(H,22,25)/t17-/m0/s1. The molecule has 0 unspecified atom stereocenters. The molecule has 0 radical (unpaired) electrons. The van der Waals surface area contributed by atoms with Crippen molar-refractivity contribution in [1.29, 1.82) is 0 Å². The molecule has 1 N–H and O–H groups in total. The second kappa shape index (κ2) is 8.04. The number of rotatable bonds is 4. The average molecular weight is 351 g/mol. The highest BCUT2D eigenvalue weighted by atomic mass is 16.2. The third-order valence-corrected chi connectivity index (χ3v) is 4.82. The first-order valence-corrected chi connectivity index (χ1v) is 9.01. The van der Waals surface area contributed by atoms with Crippen LogP contribution in [0, 0.1) is 6.92 Å². The van der Waals surface area contributed by atoms with Gasteiger partial charge in [0.05, 0.1) is 0 Å². The van der Waals surface area contributed by atoms with E-state index in [9.17, 15) is 9.59 Å². The van der Waals surface area contributed by atoms with E-state index < -0.39 is 6.04 Å². The van der Waals surface area contributed by atoms with E-state index >= 15 is 0 Å². The van der Waals surface area contributed by atoms with Crippen molar-refractivity contribution in [1.82, 2.24) is 10.2 Å². The highest BCUT2D eigenvalue weighted by Gasteiger charge is 2.26. The molecule has 5 nitrogen and oxygen atoms in total. The zero-order chi connectivity index (χ0) is 18.5. The number of anilines is 1. The molecule has 5 heteroatoms. The Morgan fingerprint density at radius 2 is 1.54 bits per heavy atom. The number of hydrogen-bond donors (Lipinski definition) is 1. The van der Waals surface area contributed by atoms with Crippen LogP contribution in [-0.4, -0.2) is 48.9 Å². The van der Waals surface area contributed by atoms with Crippen LogP contribution in [0.15, 0.2) is 54.6 Å². The fourth-order valence-corrected chi connectivity index (χ4v) is 3.26. The minimum atomic E-state index is -0.537. The molecule has 2 aromatic rings. The van der Waals surface area contributed by atoms with Crippen LogP contribution >= 0.6 is 0 Å². The second-order valence-electron chi connectivity index (χ2n) is 6.66. The highest BCUT2D eigenvalue weighted by molar-refractivity contribution is 5.98. The molecule has 3 rings (SSSR count). The van der Waals surface area contributed by atoms with Gasteiger partial charge in [-0.05, 0) is 37.6 Å². The lowest BCUT2D eigenvalue weighted by molar-refractivity contribution is -0.133. The smallest absolute Gasteiger partial charge is 0.252 e. The summed E-state index contributed by atoms with van der Waals surface area (Å²) in [4.78, 5) is 29.2. The number of aryl methyl sites for hydroxylation is 1. The molecule has 2 aromatic carbocycles. The number of carbonyl (C=O) groups excluding carboxylic acids is 2. The Morgan fingerprint density at radius 1 is 0.923 bits per heavy atom. The summed E-state index contributed by atoms with van der Waals surface area (Å²) in [5.41, 5.74) is 2.70. The van der Waals surface area contributed by atoms with Gasteiger partial charge in [-0.25, -0.2) is 0 Å². The summed E-state index contributed by atoms with van der Waals surface area (Å²) in [5, 5.41) is 2.83. The van der Waals surface area contributed by atoms with Gasteiger partial charge in [-0.3, -0.25) is 9.59 Å². The van der Waals surface area contributed by atoms with Crippen molar-refractivity contribution in [3.05, 3.63) is 65.7 Å². The van der Waals surface area contributed by atoms with Crippen LogP contribution in [0.4, 0.5) is 5.69 Å². The first-order chi connectivity index (χ1) is 12.6. The Morgan fingerprint density at radius 3 is 2.19 bits per heavy atom. The van der Waals surface area contributed by atoms with Crippen molar-refractivity contribution in [2.24, 2.45) is 0 Å². The van der Waals surface area contributed by atoms with E-state index in [2.05, 4.69) is 22.3 Å². The molecule has 1 atom stereocenters. The first-order valence-electron chi connectivity index (χ1n) is 9.01. The molecular weight excluding hydrogens is 326 g/mol. The van der Waals surface area contributed by atoms with Gasteiger partial charge in [0.2, 0.25) is 5.91 Å². The lowest BCUT2D eigenvalue weighted by Crippen LogP contribution is -2.54. The van der Waals surface area contributed by atoms with E-state index in [0.717, 1.165) is 18.7 Å². The molecular formula is C21H25N3O2. The number of hydrogen-bond acceptors (Lipinski definition) is 3. The molecule has 1 aliphatic rings. The molecule has 0 bridgehead atoms. The maximum Gasteiger partial charge on any atom is 0.252 e. The minimum Gasteiger partial charge on any atom is -0.368 e. The SMILES string of the molecule is Cc1ccccc1C(=O)N[C@@H](C)C(=O)N1CCN(c2ccccc2)CC1. The van der Waals surface area contributed by atoms with E-state index in [0.29, 0.717) is 18.7 Å². The summed E-state index contributed by atoms with van der Waals surface area (Å²) < 4.78 is 0. The van der Waals surface area contributed by atoms with Crippen molar-refractivity contribution in [2.45, 2.75) is 19.9 Å². The Balaban J connectivity index is 1.55. The minimum absolute atomic E-state index is 0.0281. The van der Waals surface area contributed by atoms with Crippen LogP contribution in [0.3, 0.4) is 0 Å². The maximum absolute atomic E-state index is 12.7. The summed E-state index contributed by atoms with van der Waals surface area (Å²) in [6, 6.07) is 17.1. The van der Waals surface area contributed by atoms with Crippen molar-refractivity contribution >= 4 is 17.5 Å². The van der Waals surface area contributed by atoms with Gasteiger partial charge in [0.15, 0.2) is 0 Å². The summed E-state index contributed by atoms with van der Waals surface area (Å²) in [6.07, 6.45) is 0.